The lowest BCUT2D eigenvalue weighted by molar-refractivity contribution is -0.137. The number of nitrogens with zero attached hydrogens (tertiary/aromatic N) is 5. The zero-order chi connectivity index (χ0) is 31.0. The monoisotopic (exact) mass is 633 g/mol. The van der Waals surface area contributed by atoms with Crippen LogP contribution in [-0.4, -0.2) is 71.3 Å². The molecule has 4 aliphatic rings. The van der Waals surface area contributed by atoms with E-state index in [1.807, 2.05) is 0 Å². The number of piperidine rings is 1. The first-order valence-corrected chi connectivity index (χ1v) is 15.7. The van der Waals surface area contributed by atoms with Gasteiger partial charge in [0.1, 0.15) is 17.2 Å². The summed E-state index contributed by atoms with van der Waals surface area (Å²) in [5.74, 6) is -0.728. The Morgan fingerprint density at radius 3 is 2.55 bits per heavy atom. The fraction of sp³-hybridized carbons (Fsp3) is 0.581. The van der Waals surface area contributed by atoms with Gasteiger partial charge in [0.15, 0.2) is 5.82 Å². The summed E-state index contributed by atoms with van der Waals surface area (Å²) in [5.41, 5.74) is 3.21. The van der Waals surface area contributed by atoms with Gasteiger partial charge < -0.3 is 25.6 Å². The first-order valence-electron chi connectivity index (χ1n) is 15.3. The number of hydrogen-bond donors (Lipinski definition) is 2. The lowest BCUT2D eigenvalue weighted by Gasteiger charge is -2.44. The van der Waals surface area contributed by atoms with Gasteiger partial charge in [0.2, 0.25) is 0 Å². The number of anilines is 2. The molecule has 236 valence electrons. The van der Waals surface area contributed by atoms with Crippen molar-refractivity contribution in [3.8, 4) is 17.3 Å². The molecule has 0 amide bonds. The van der Waals surface area contributed by atoms with Crippen LogP contribution in [0.3, 0.4) is 0 Å². The number of pyridine rings is 1. The number of rotatable bonds is 5. The average molecular weight is 634 g/mol. The highest BCUT2D eigenvalue weighted by Gasteiger charge is 2.47. The van der Waals surface area contributed by atoms with E-state index in [0.29, 0.717) is 36.9 Å². The van der Waals surface area contributed by atoms with Gasteiger partial charge in [-0.15, -0.1) is 0 Å². The molecule has 0 radical (unpaired) electrons. The Bertz CT molecular complexity index is 1610. The predicted octanol–water partition coefficient (Wildman–Crippen LogP) is 5.98. The van der Waals surface area contributed by atoms with Crippen molar-refractivity contribution in [3.05, 3.63) is 34.1 Å². The molecule has 44 heavy (non-hydrogen) atoms. The minimum Gasteiger partial charge on any atom is -0.463 e. The van der Waals surface area contributed by atoms with Crippen LogP contribution in [0.2, 0.25) is 5.02 Å². The van der Waals surface area contributed by atoms with Crippen LogP contribution in [0.4, 0.5) is 29.2 Å². The first-order chi connectivity index (χ1) is 20.9. The van der Waals surface area contributed by atoms with Crippen molar-refractivity contribution >= 4 is 34.1 Å². The minimum absolute atomic E-state index is 0.00608. The van der Waals surface area contributed by atoms with Crippen LogP contribution in [0.1, 0.15) is 56.1 Å². The van der Waals surface area contributed by atoms with E-state index >= 15 is 4.39 Å². The average Bonchev–Trinajstić information content (AvgIpc) is 3.54. The van der Waals surface area contributed by atoms with Crippen LogP contribution in [0.15, 0.2) is 12.1 Å². The van der Waals surface area contributed by atoms with Gasteiger partial charge in [-0.3, -0.25) is 0 Å². The molecule has 1 aliphatic carbocycles. The van der Waals surface area contributed by atoms with Crippen molar-refractivity contribution in [2.24, 2.45) is 5.41 Å². The molecule has 1 saturated carbocycles. The smallest absolute Gasteiger partial charge is 0.418 e. The van der Waals surface area contributed by atoms with Gasteiger partial charge in [-0.25, -0.2) is 9.37 Å². The van der Waals surface area contributed by atoms with E-state index in [9.17, 15) is 13.2 Å². The predicted molar refractivity (Wildman–Crippen MR) is 161 cm³/mol. The Hall–Kier alpha value is -2.96. The Morgan fingerprint density at radius 2 is 1.82 bits per heavy atom. The SMILES string of the molecule is Cc1cc(N)nc(-c2c(Cl)cc3c(N4CC5CCC(C4)N5)nc(OC[C@]45CCC[C@H]4N(C)CCC5)nc3c2F)c1C(F)(F)F. The molecule has 5 heterocycles. The highest BCUT2D eigenvalue weighted by atomic mass is 35.5. The van der Waals surface area contributed by atoms with Crippen LogP contribution in [0.5, 0.6) is 6.01 Å². The fourth-order valence-electron chi connectivity index (χ4n) is 8.27. The number of piperazine rings is 1. The quantitative estimate of drug-likeness (QED) is 0.332. The molecule has 3 N–H and O–H groups in total. The molecular weight excluding hydrogens is 598 g/mol. The molecule has 4 fully saturated rings. The Labute approximate surface area is 258 Å². The molecule has 2 bridgehead atoms. The molecule has 0 spiro atoms. The summed E-state index contributed by atoms with van der Waals surface area (Å²) in [6.45, 7) is 3.99. The molecule has 7 rings (SSSR count). The molecular formula is C31H36ClF4N7O. The van der Waals surface area contributed by atoms with E-state index in [4.69, 9.17) is 27.1 Å². The van der Waals surface area contributed by atoms with E-state index in [2.05, 4.69) is 32.1 Å². The molecule has 2 unspecified atom stereocenters. The molecule has 3 aliphatic heterocycles. The third-order valence-corrected chi connectivity index (χ3v) is 10.5. The second kappa shape index (κ2) is 10.8. The van der Waals surface area contributed by atoms with E-state index in [1.54, 1.807) is 0 Å². The van der Waals surface area contributed by atoms with Crippen molar-refractivity contribution in [2.45, 2.75) is 76.2 Å². The van der Waals surface area contributed by atoms with E-state index < -0.39 is 28.8 Å². The largest absolute Gasteiger partial charge is 0.463 e. The summed E-state index contributed by atoms with van der Waals surface area (Å²) in [6, 6.07) is 3.47. The normalized spacial score (nSPS) is 27.2. The Balaban J connectivity index is 1.37. The second-order valence-electron chi connectivity index (χ2n) is 13.0. The molecule has 1 aromatic carbocycles. The topological polar surface area (TPSA) is 92.4 Å². The molecule has 3 aromatic rings. The van der Waals surface area contributed by atoms with Gasteiger partial charge in [-0.2, -0.15) is 23.1 Å². The number of nitrogens with two attached hydrogens (primary N) is 1. The molecule has 2 aromatic heterocycles. The van der Waals surface area contributed by atoms with Gasteiger partial charge in [-0.05, 0) is 76.7 Å². The van der Waals surface area contributed by atoms with Crippen LogP contribution in [0, 0.1) is 18.2 Å². The number of aromatic nitrogens is 3. The third kappa shape index (κ3) is 5.02. The molecule has 8 nitrogen and oxygen atoms in total. The summed E-state index contributed by atoms with van der Waals surface area (Å²) in [4.78, 5) is 17.7. The van der Waals surface area contributed by atoms with Crippen LogP contribution >= 0.6 is 11.6 Å². The number of benzene rings is 1. The van der Waals surface area contributed by atoms with Gasteiger partial charge in [0.25, 0.3) is 0 Å². The number of alkyl halides is 3. The number of hydrogen-bond acceptors (Lipinski definition) is 8. The summed E-state index contributed by atoms with van der Waals surface area (Å²) in [6.07, 6.45) is 2.54. The van der Waals surface area contributed by atoms with Crippen molar-refractivity contribution in [2.75, 3.05) is 43.9 Å². The maximum Gasteiger partial charge on any atom is 0.418 e. The zero-order valence-corrected chi connectivity index (χ0v) is 25.5. The second-order valence-corrected chi connectivity index (χ2v) is 13.5. The van der Waals surface area contributed by atoms with E-state index in [1.165, 1.54) is 13.0 Å². The minimum atomic E-state index is -4.82. The van der Waals surface area contributed by atoms with Gasteiger partial charge in [-0.1, -0.05) is 18.0 Å². The first kappa shape index (κ1) is 29.7. The maximum atomic E-state index is 16.7. The number of aryl methyl sites for hydroxylation is 1. The van der Waals surface area contributed by atoms with E-state index in [0.717, 1.165) is 57.6 Å². The van der Waals surface area contributed by atoms with Crippen LogP contribution < -0.4 is 20.7 Å². The lowest BCUT2D eigenvalue weighted by Crippen LogP contribution is -2.51. The summed E-state index contributed by atoms with van der Waals surface area (Å²) in [7, 11) is 2.15. The number of nitrogens with one attached hydrogen (secondary N) is 1. The van der Waals surface area contributed by atoms with Gasteiger partial charge in [0, 0.05) is 42.0 Å². The standard InChI is InChI=1S/C31H36ClF4N7O/c1-16-11-22(37)39-27(24(16)31(34,35)36)23-20(32)12-19-26(25(23)33)40-29(41-28(19)43-13-17-6-7-18(14-43)38-17)44-15-30-8-3-5-21(30)42(2)10-4-9-30/h11-12,17-18,21,38H,3-10,13-15H2,1-2H3,(H2,37,39)/t17?,18?,21-,30-/m1/s1. The maximum absolute atomic E-state index is 16.7. The Kier molecular flexibility index (Phi) is 7.32. The number of fused-ring (bicyclic) bond motifs is 4. The van der Waals surface area contributed by atoms with E-state index in [-0.39, 0.29) is 45.4 Å². The lowest BCUT2D eigenvalue weighted by atomic mass is 9.76. The number of halogens is 5. The highest BCUT2D eigenvalue weighted by Crippen LogP contribution is 2.48. The van der Waals surface area contributed by atoms with Crippen molar-refractivity contribution in [1.29, 1.82) is 0 Å². The van der Waals surface area contributed by atoms with Gasteiger partial charge >= 0.3 is 12.2 Å². The molecule has 4 atom stereocenters. The Morgan fingerprint density at radius 1 is 1.09 bits per heavy atom. The number of nitrogen functional groups attached to an aromatic ring is 1. The number of ether oxygens (including phenoxy) is 1. The zero-order valence-electron chi connectivity index (χ0n) is 24.8. The van der Waals surface area contributed by atoms with Gasteiger partial charge in [0.05, 0.1) is 28.5 Å². The molecule has 13 heteroatoms. The van der Waals surface area contributed by atoms with Crippen molar-refractivity contribution < 1.29 is 22.3 Å². The highest BCUT2D eigenvalue weighted by molar-refractivity contribution is 6.34. The summed E-state index contributed by atoms with van der Waals surface area (Å²) in [5, 5.41) is 3.67. The summed E-state index contributed by atoms with van der Waals surface area (Å²) < 4.78 is 65.8. The third-order valence-electron chi connectivity index (χ3n) is 10.2. The fourth-order valence-corrected chi connectivity index (χ4v) is 8.56. The van der Waals surface area contributed by atoms with Crippen LogP contribution in [0.25, 0.3) is 22.2 Å². The summed E-state index contributed by atoms with van der Waals surface area (Å²) >= 11 is 6.62. The van der Waals surface area contributed by atoms with Crippen LogP contribution in [-0.2, 0) is 6.18 Å². The van der Waals surface area contributed by atoms with Crippen molar-refractivity contribution in [1.82, 2.24) is 25.2 Å². The number of likely N-dealkylation sites (tertiary alicyclic amines) is 1. The van der Waals surface area contributed by atoms with Crippen molar-refractivity contribution in [3.63, 3.8) is 0 Å². The molecule has 3 saturated heterocycles.